The third-order valence-corrected chi connectivity index (χ3v) is 6.50. The second kappa shape index (κ2) is 8.01. The molecule has 1 aromatic heterocycles. The van der Waals surface area contributed by atoms with Gasteiger partial charge in [-0.15, -0.1) is 11.8 Å². The first-order valence-electron chi connectivity index (χ1n) is 7.98. The zero-order chi connectivity index (χ0) is 19.4. The van der Waals surface area contributed by atoms with Gasteiger partial charge in [0.2, 0.25) is 17.7 Å². The zero-order valence-corrected chi connectivity index (χ0v) is 16.3. The van der Waals surface area contributed by atoms with Gasteiger partial charge in [0.15, 0.2) is 0 Å². The van der Waals surface area contributed by atoms with Gasteiger partial charge >= 0.3 is 6.03 Å². The van der Waals surface area contributed by atoms with Crippen molar-refractivity contribution < 1.29 is 22.7 Å². The molecule has 27 heavy (non-hydrogen) atoms. The van der Waals surface area contributed by atoms with Gasteiger partial charge < -0.3 is 9.47 Å². The number of sulfonamides is 1. The number of nitrogens with zero attached hydrogens (tertiary/aromatic N) is 2. The van der Waals surface area contributed by atoms with E-state index in [1.165, 1.54) is 38.1 Å². The van der Waals surface area contributed by atoms with Crippen molar-refractivity contribution in [3.8, 4) is 11.8 Å². The minimum atomic E-state index is -4.05. The maximum absolute atomic E-state index is 12.7. The number of urea groups is 1. The molecule has 0 fully saturated rings. The highest BCUT2D eigenvalue weighted by Gasteiger charge is 2.25. The van der Waals surface area contributed by atoms with Crippen molar-refractivity contribution in [2.45, 2.75) is 22.6 Å². The molecule has 0 atom stereocenters. The Morgan fingerprint density at radius 2 is 1.89 bits per heavy atom. The van der Waals surface area contributed by atoms with Crippen LogP contribution in [0, 0.1) is 0 Å². The van der Waals surface area contributed by atoms with Crippen molar-refractivity contribution >= 4 is 33.8 Å². The van der Waals surface area contributed by atoms with Crippen molar-refractivity contribution in [2.75, 3.05) is 25.3 Å². The molecule has 0 radical (unpaired) electrons. The molecule has 0 saturated heterocycles. The number of aryl methyl sites for hydroxylation is 1. The summed E-state index contributed by atoms with van der Waals surface area (Å²) in [6.45, 7) is 0. The van der Waals surface area contributed by atoms with E-state index in [1.54, 1.807) is 6.07 Å². The number of anilines is 1. The number of methoxy groups -OCH3 is 2. The second-order valence-corrected chi connectivity index (χ2v) is 8.29. The fourth-order valence-electron chi connectivity index (χ4n) is 2.54. The summed E-state index contributed by atoms with van der Waals surface area (Å²) < 4.78 is 37.3. The first-order valence-corrected chi connectivity index (χ1v) is 10.5. The predicted octanol–water partition coefficient (Wildman–Crippen LogP) is 2.04. The van der Waals surface area contributed by atoms with Crippen molar-refractivity contribution in [2.24, 2.45) is 0 Å². The van der Waals surface area contributed by atoms with E-state index >= 15 is 0 Å². The third kappa shape index (κ3) is 4.42. The highest BCUT2D eigenvalue weighted by atomic mass is 32.2. The Morgan fingerprint density at radius 3 is 2.56 bits per heavy atom. The number of carbonyl (C=O) groups excluding carboxylic acids is 1. The highest BCUT2D eigenvalue weighted by molar-refractivity contribution is 8.00. The number of hydrogen-bond acceptors (Lipinski definition) is 8. The molecular weight excluding hydrogens is 392 g/mol. The minimum Gasteiger partial charge on any atom is -0.481 e. The van der Waals surface area contributed by atoms with Gasteiger partial charge in [-0.1, -0.05) is 12.1 Å². The lowest BCUT2D eigenvalue weighted by atomic mass is 10.1. The highest BCUT2D eigenvalue weighted by Crippen LogP contribution is 2.35. The number of thioether (sulfide) groups is 1. The SMILES string of the molecule is COc1cc(OC)nc(NC(=O)NS(=O)(=O)c2cccc3c2SCCC3)n1. The van der Waals surface area contributed by atoms with Gasteiger partial charge in [0.25, 0.3) is 10.0 Å². The molecule has 0 bridgehead atoms. The fourth-order valence-corrected chi connectivity index (χ4v) is 5.15. The maximum atomic E-state index is 12.7. The molecule has 11 heteroatoms. The molecule has 9 nitrogen and oxygen atoms in total. The van der Waals surface area contributed by atoms with E-state index < -0.39 is 16.1 Å². The van der Waals surface area contributed by atoms with Crippen LogP contribution in [0.3, 0.4) is 0 Å². The molecule has 0 unspecified atom stereocenters. The van der Waals surface area contributed by atoms with Crippen LogP contribution in [-0.2, 0) is 16.4 Å². The predicted molar refractivity (Wildman–Crippen MR) is 100.0 cm³/mol. The van der Waals surface area contributed by atoms with Crippen molar-refractivity contribution in [3.63, 3.8) is 0 Å². The number of nitrogens with one attached hydrogen (secondary N) is 2. The second-order valence-electron chi connectivity index (χ2n) is 5.53. The summed E-state index contributed by atoms with van der Waals surface area (Å²) >= 11 is 1.47. The van der Waals surface area contributed by atoms with Crippen molar-refractivity contribution in [1.82, 2.24) is 14.7 Å². The van der Waals surface area contributed by atoms with Gasteiger partial charge in [-0.3, -0.25) is 5.32 Å². The van der Waals surface area contributed by atoms with Crippen LogP contribution >= 0.6 is 11.8 Å². The quantitative estimate of drug-likeness (QED) is 0.768. The van der Waals surface area contributed by atoms with E-state index in [1.807, 2.05) is 10.8 Å². The van der Waals surface area contributed by atoms with Crippen molar-refractivity contribution in [3.05, 3.63) is 29.8 Å². The molecule has 2 amide bonds. The number of aromatic nitrogens is 2. The average Bonchev–Trinajstić information content (AvgIpc) is 2.66. The number of amides is 2. The summed E-state index contributed by atoms with van der Waals surface area (Å²) in [7, 11) is -1.26. The molecule has 0 saturated carbocycles. The molecule has 0 spiro atoms. The number of benzene rings is 1. The van der Waals surface area contributed by atoms with Crippen LogP contribution < -0.4 is 19.5 Å². The van der Waals surface area contributed by atoms with Gasteiger partial charge in [-0.05, 0) is 30.2 Å². The number of ether oxygens (including phenoxy) is 2. The Labute approximate surface area is 160 Å². The summed E-state index contributed by atoms with van der Waals surface area (Å²) in [5.41, 5.74) is 0.968. The van der Waals surface area contributed by atoms with Crippen LogP contribution in [-0.4, -0.2) is 44.4 Å². The van der Waals surface area contributed by atoms with Crippen LogP contribution in [0.25, 0.3) is 0 Å². The number of fused-ring (bicyclic) bond motifs is 1. The molecule has 1 aliphatic heterocycles. The molecule has 144 valence electrons. The van der Waals surface area contributed by atoms with Gasteiger partial charge in [-0.2, -0.15) is 9.97 Å². The molecule has 2 N–H and O–H groups in total. The normalized spacial score (nSPS) is 13.4. The molecule has 2 heterocycles. The molecule has 0 aliphatic carbocycles. The van der Waals surface area contributed by atoms with Gasteiger partial charge in [0, 0.05) is 4.90 Å². The summed E-state index contributed by atoms with van der Waals surface area (Å²) in [4.78, 5) is 20.8. The average molecular weight is 410 g/mol. The Morgan fingerprint density at radius 1 is 1.19 bits per heavy atom. The minimum absolute atomic E-state index is 0.0870. The molecular formula is C16H18N4O5S2. The summed E-state index contributed by atoms with van der Waals surface area (Å²) in [5.74, 6) is 1.01. The molecule has 2 aromatic rings. The van der Waals surface area contributed by atoms with Crippen LogP contribution in [0.5, 0.6) is 11.8 Å². The number of hydrogen-bond donors (Lipinski definition) is 2. The Hall–Kier alpha value is -2.53. The summed E-state index contributed by atoms with van der Waals surface area (Å²) in [5, 5.41) is 2.28. The van der Waals surface area contributed by atoms with Gasteiger partial charge in [0.05, 0.1) is 20.3 Å². The zero-order valence-electron chi connectivity index (χ0n) is 14.7. The van der Waals surface area contributed by atoms with E-state index in [0.717, 1.165) is 24.2 Å². The molecule has 3 rings (SSSR count). The largest absolute Gasteiger partial charge is 0.481 e. The smallest absolute Gasteiger partial charge is 0.335 e. The topological polar surface area (TPSA) is 120 Å². The van der Waals surface area contributed by atoms with Crippen LogP contribution in [0.4, 0.5) is 10.7 Å². The van der Waals surface area contributed by atoms with E-state index in [9.17, 15) is 13.2 Å². The standard InChI is InChI=1S/C16H18N4O5S2/c1-24-12-9-13(25-2)18-15(17-12)19-16(21)20-27(22,23)11-7-3-5-10-6-4-8-26-14(10)11/h3,5,7,9H,4,6,8H2,1-2H3,(H2,17,18,19,20,21). The van der Waals surface area contributed by atoms with Crippen molar-refractivity contribution in [1.29, 1.82) is 0 Å². The number of rotatable bonds is 5. The van der Waals surface area contributed by atoms with E-state index in [-0.39, 0.29) is 22.6 Å². The fraction of sp³-hybridized carbons (Fsp3) is 0.312. The summed E-state index contributed by atoms with van der Waals surface area (Å²) in [6.07, 6.45) is 1.80. The lowest BCUT2D eigenvalue weighted by Crippen LogP contribution is -2.35. The van der Waals surface area contributed by atoms with Crippen LogP contribution in [0.15, 0.2) is 34.1 Å². The lowest BCUT2D eigenvalue weighted by molar-refractivity contribution is 0.256. The van der Waals surface area contributed by atoms with Crippen LogP contribution in [0.1, 0.15) is 12.0 Å². The van der Waals surface area contributed by atoms with E-state index in [4.69, 9.17) is 9.47 Å². The Balaban J connectivity index is 1.80. The number of carbonyl (C=O) groups is 1. The summed E-state index contributed by atoms with van der Waals surface area (Å²) in [6, 6.07) is 5.50. The monoisotopic (exact) mass is 410 g/mol. The van der Waals surface area contributed by atoms with Gasteiger partial charge in [-0.25, -0.2) is 17.9 Å². The molecule has 1 aliphatic rings. The first kappa shape index (κ1) is 19.2. The first-order chi connectivity index (χ1) is 12.9. The lowest BCUT2D eigenvalue weighted by Gasteiger charge is -2.18. The Kier molecular flexibility index (Phi) is 5.71. The molecule has 1 aromatic carbocycles. The van der Waals surface area contributed by atoms with E-state index in [2.05, 4.69) is 15.3 Å². The Bertz CT molecular complexity index is 943. The van der Waals surface area contributed by atoms with E-state index in [0.29, 0.717) is 4.90 Å². The third-order valence-electron chi connectivity index (χ3n) is 3.74. The van der Waals surface area contributed by atoms with Crippen LogP contribution in [0.2, 0.25) is 0 Å². The van der Waals surface area contributed by atoms with Gasteiger partial charge in [0.1, 0.15) is 4.90 Å². The maximum Gasteiger partial charge on any atom is 0.335 e.